The van der Waals surface area contributed by atoms with Crippen molar-refractivity contribution >= 4 is 11.9 Å². The Bertz CT molecular complexity index is 855. The number of hydrogen-bond acceptors (Lipinski definition) is 8. The van der Waals surface area contributed by atoms with Crippen LogP contribution in [-0.4, -0.2) is 32.3 Å². The Morgan fingerprint density at radius 1 is 0.643 bits per heavy atom. The zero-order chi connectivity index (χ0) is 19.9. The van der Waals surface area contributed by atoms with Crippen molar-refractivity contribution in [3.63, 3.8) is 0 Å². The smallest absolute Gasteiger partial charge is 0.338 e. The number of rotatable bonds is 6. The van der Waals surface area contributed by atoms with Crippen molar-refractivity contribution in [2.45, 2.75) is 26.1 Å². The highest BCUT2D eigenvalue weighted by molar-refractivity contribution is 5.89. The summed E-state index contributed by atoms with van der Waals surface area (Å²) in [5.74, 6) is -0.693. The fraction of sp³-hybridized carbons (Fsp3) is 0.200. The van der Waals surface area contributed by atoms with Gasteiger partial charge in [0.05, 0.1) is 11.1 Å². The van der Waals surface area contributed by atoms with Crippen LogP contribution in [0, 0.1) is 0 Å². The largest absolute Gasteiger partial charge is 0.451 e. The third-order valence-corrected chi connectivity index (χ3v) is 3.82. The van der Waals surface area contributed by atoms with Crippen LogP contribution in [0.4, 0.5) is 0 Å². The van der Waals surface area contributed by atoms with E-state index in [0.29, 0.717) is 11.1 Å². The molecule has 0 fully saturated rings. The van der Waals surface area contributed by atoms with E-state index in [1.54, 1.807) is 62.4 Å². The SMILES string of the molecule is CC(OC(=O)c1ccccc1)c1nnc(C(C)OC(=O)c2ccccc2)nn1. The van der Waals surface area contributed by atoms with Gasteiger partial charge >= 0.3 is 11.9 Å². The molecule has 0 radical (unpaired) electrons. The number of carbonyl (C=O) groups is 2. The van der Waals surface area contributed by atoms with E-state index in [1.165, 1.54) is 0 Å². The molecule has 2 atom stereocenters. The molecular weight excluding hydrogens is 360 g/mol. The molecule has 0 spiro atoms. The molecule has 3 aromatic rings. The summed E-state index contributed by atoms with van der Waals surface area (Å²) in [6.07, 6.45) is -1.46. The molecule has 0 amide bonds. The Balaban J connectivity index is 1.61. The Morgan fingerprint density at radius 3 is 1.29 bits per heavy atom. The fourth-order valence-electron chi connectivity index (χ4n) is 2.28. The van der Waals surface area contributed by atoms with Gasteiger partial charge in [0.2, 0.25) is 11.6 Å². The summed E-state index contributed by atoms with van der Waals surface area (Å²) in [6.45, 7) is 3.25. The number of ether oxygens (including phenoxy) is 2. The van der Waals surface area contributed by atoms with Crippen molar-refractivity contribution in [1.29, 1.82) is 0 Å². The summed E-state index contributed by atoms with van der Waals surface area (Å²) in [4.78, 5) is 24.2. The van der Waals surface area contributed by atoms with Crippen LogP contribution in [0.3, 0.4) is 0 Å². The number of nitrogens with zero attached hydrogens (tertiary/aromatic N) is 4. The van der Waals surface area contributed by atoms with E-state index in [0.717, 1.165) is 0 Å². The van der Waals surface area contributed by atoms with Gasteiger partial charge in [-0.15, -0.1) is 20.4 Å². The van der Waals surface area contributed by atoms with Crippen LogP contribution in [0.2, 0.25) is 0 Å². The Labute approximate surface area is 161 Å². The van der Waals surface area contributed by atoms with Gasteiger partial charge in [0, 0.05) is 0 Å². The minimum absolute atomic E-state index is 0.148. The summed E-state index contributed by atoms with van der Waals surface area (Å²) in [6, 6.07) is 17.2. The van der Waals surface area contributed by atoms with E-state index in [-0.39, 0.29) is 11.6 Å². The highest BCUT2D eigenvalue weighted by Gasteiger charge is 2.20. The van der Waals surface area contributed by atoms with Crippen molar-refractivity contribution in [2.75, 3.05) is 0 Å². The van der Waals surface area contributed by atoms with Crippen molar-refractivity contribution in [1.82, 2.24) is 20.4 Å². The molecular formula is C20H18N4O4. The Kier molecular flexibility index (Phi) is 6.01. The summed E-state index contributed by atoms with van der Waals surface area (Å²) >= 11 is 0. The lowest BCUT2D eigenvalue weighted by Gasteiger charge is -2.13. The molecule has 142 valence electrons. The quantitative estimate of drug-likeness (QED) is 0.603. The second kappa shape index (κ2) is 8.81. The number of aromatic nitrogens is 4. The van der Waals surface area contributed by atoms with Crippen LogP contribution in [0.25, 0.3) is 0 Å². The summed E-state index contributed by atoms with van der Waals surface area (Å²) in [5.41, 5.74) is 0.849. The molecule has 8 heteroatoms. The third kappa shape index (κ3) is 4.73. The third-order valence-electron chi connectivity index (χ3n) is 3.82. The molecule has 28 heavy (non-hydrogen) atoms. The van der Waals surface area contributed by atoms with Crippen molar-refractivity contribution < 1.29 is 19.1 Å². The average molecular weight is 378 g/mol. The summed E-state index contributed by atoms with van der Waals surface area (Å²) < 4.78 is 10.6. The van der Waals surface area contributed by atoms with Crippen molar-refractivity contribution in [2.24, 2.45) is 0 Å². The van der Waals surface area contributed by atoms with Crippen LogP contribution >= 0.6 is 0 Å². The zero-order valence-corrected chi connectivity index (χ0v) is 15.4. The van der Waals surface area contributed by atoms with E-state index in [4.69, 9.17) is 9.47 Å². The first-order valence-corrected chi connectivity index (χ1v) is 8.64. The lowest BCUT2D eigenvalue weighted by Crippen LogP contribution is -2.17. The van der Waals surface area contributed by atoms with Gasteiger partial charge in [-0.25, -0.2) is 9.59 Å². The van der Waals surface area contributed by atoms with Crippen LogP contribution in [0.15, 0.2) is 60.7 Å². The molecule has 1 heterocycles. The van der Waals surface area contributed by atoms with Gasteiger partial charge in [-0.2, -0.15) is 0 Å². The molecule has 0 bridgehead atoms. The Hall–Kier alpha value is -3.68. The van der Waals surface area contributed by atoms with Crippen molar-refractivity contribution in [3.05, 3.63) is 83.4 Å². The highest BCUT2D eigenvalue weighted by Crippen LogP contribution is 2.16. The number of hydrogen-bond donors (Lipinski definition) is 0. The standard InChI is InChI=1S/C20H18N4O4/c1-13(27-19(25)15-9-5-3-6-10-15)17-21-23-18(24-22-17)14(2)28-20(26)16-11-7-4-8-12-16/h3-14H,1-2H3. The van der Waals surface area contributed by atoms with Crippen LogP contribution < -0.4 is 0 Å². The van der Waals surface area contributed by atoms with Gasteiger partial charge in [-0.05, 0) is 38.1 Å². The molecule has 1 aromatic heterocycles. The lowest BCUT2D eigenvalue weighted by molar-refractivity contribution is 0.0283. The van der Waals surface area contributed by atoms with Crippen molar-refractivity contribution in [3.8, 4) is 0 Å². The average Bonchev–Trinajstić information content (AvgIpc) is 2.75. The van der Waals surface area contributed by atoms with Gasteiger partial charge in [0.25, 0.3) is 0 Å². The molecule has 0 saturated carbocycles. The Morgan fingerprint density at radius 2 is 0.964 bits per heavy atom. The van der Waals surface area contributed by atoms with E-state index in [2.05, 4.69) is 20.4 Å². The summed E-state index contributed by atoms with van der Waals surface area (Å²) in [7, 11) is 0. The van der Waals surface area contributed by atoms with Gasteiger partial charge in [-0.3, -0.25) is 0 Å². The van der Waals surface area contributed by atoms with Gasteiger partial charge in [-0.1, -0.05) is 36.4 Å². The van der Waals surface area contributed by atoms with E-state index < -0.39 is 24.1 Å². The van der Waals surface area contributed by atoms with Gasteiger partial charge in [0.15, 0.2) is 12.2 Å². The summed E-state index contributed by atoms with van der Waals surface area (Å²) in [5, 5.41) is 15.7. The van der Waals surface area contributed by atoms with Gasteiger partial charge in [0.1, 0.15) is 0 Å². The van der Waals surface area contributed by atoms with Gasteiger partial charge < -0.3 is 9.47 Å². The molecule has 0 aliphatic heterocycles. The maximum absolute atomic E-state index is 12.1. The number of esters is 2. The maximum Gasteiger partial charge on any atom is 0.338 e. The maximum atomic E-state index is 12.1. The first kappa shape index (κ1) is 19.1. The van der Waals surface area contributed by atoms with E-state index in [1.807, 2.05) is 12.1 Å². The molecule has 0 N–H and O–H groups in total. The normalized spacial score (nSPS) is 12.6. The molecule has 8 nitrogen and oxygen atoms in total. The highest BCUT2D eigenvalue weighted by atomic mass is 16.5. The second-order valence-electron chi connectivity index (χ2n) is 5.94. The first-order valence-electron chi connectivity index (χ1n) is 8.64. The minimum Gasteiger partial charge on any atom is -0.451 e. The molecule has 2 unspecified atom stereocenters. The predicted molar refractivity (Wildman–Crippen MR) is 98.2 cm³/mol. The minimum atomic E-state index is -0.732. The monoisotopic (exact) mass is 378 g/mol. The van der Waals surface area contributed by atoms with E-state index >= 15 is 0 Å². The second-order valence-corrected chi connectivity index (χ2v) is 5.94. The molecule has 0 aliphatic rings. The van der Waals surface area contributed by atoms with Crippen LogP contribution in [0.1, 0.15) is 58.4 Å². The number of carbonyl (C=O) groups excluding carboxylic acids is 2. The molecule has 0 aliphatic carbocycles. The first-order chi connectivity index (χ1) is 13.5. The number of benzene rings is 2. The molecule has 2 aromatic carbocycles. The lowest BCUT2D eigenvalue weighted by atomic mass is 10.2. The van der Waals surface area contributed by atoms with E-state index in [9.17, 15) is 9.59 Å². The predicted octanol–water partition coefficient (Wildman–Crippen LogP) is 3.10. The van der Waals surface area contributed by atoms with Crippen LogP contribution in [-0.2, 0) is 9.47 Å². The topological polar surface area (TPSA) is 104 Å². The van der Waals surface area contributed by atoms with Crippen LogP contribution in [0.5, 0.6) is 0 Å². The fourth-order valence-corrected chi connectivity index (χ4v) is 2.28. The molecule has 3 rings (SSSR count). The molecule has 0 saturated heterocycles. The zero-order valence-electron chi connectivity index (χ0n) is 15.4.